The van der Waals surface area contributed by atoms with Gasteiger partial charge in [0.25, 0.3) is 0 Å². The maximum absolute atomic E-state index is 10.4. The molecule has 0 saturated carbocycles. The molecule has 0 unspecified atom stereocenters. The molecule has 0 fully saturated rings. The molecule has 0 atom stereocenters. The molecule has 1 heterocycles. The van der Waals surface area contributed by atoms with Gasteiger partial charge in [0.1, 0.15) is 11.5 Å². The number of hydrogen-bond donors (Lipinski definition) is 0. The monoisotopic (exact) mass is 150 g/mol. The normalized spacial score (nSPS) is 9.73. The van der Waals surface area contributed by atoms with Crippen LogP contribution in [0.1, 0.15) is 27.6 Å². The van der Waals surface area contributed by atoms with Crippen LogP contribution in [0.2, 0.25) is 0 Å². The minimum absolute atomic E-state index is 0.495. The van der Waals surface area contributed by atoms with Crippen molar-refractivity contribution in [2.75, 3.05) is 0 Å². The molecule has 1 aromatic rings. The zero-order valence-electron chi connectivity index (χ0n) is 6.88. The fourth-order valence-corrected chi connectivity index (χ4v) is 0.910. The molecular formula is C8H10N2O. The summed E-state index contributed by atoms with van der Waals surface area (Å²) in [5.74, 6) is 0.648. The van der Waals surface area contributed by atoms with E-state index in [-0.39, 0.29) is 0 Å². The number of nitrogens with zero attached hydrogens (tertiary/aromatic N) is 2. The summed E-state index contributed by atoms with van der Waals surface area (Å²) in [4.78, 5) is 18.5. The molecular weight excluding hydrogens is 140 g/mol. The van der Waals surface area contributed by atoms with Crippen LogP contribution in [-0.2, 0) is 0 Å². The second-order valence-electron chi connectivity index (χ2n) is 2.48. The lowest BCUT2D eigenvalue weighted by molar-refractivity contribution is 0.111. The number of rotatable bonds is 1. The largest absolute Gasteiger partial charge is 0.296 e. The Bertz CT molecular complexity index is 294. The molecule has 11 heavy (non-hydrogen) atoms. The maximum Gasteiger partial charge on any atom is 0.168 e. The van der Waals surface area contributed by atoms with E-state index in [4.69, 9.17) is 0 Å². The van der Waals surface area contributed by atoms with Crippen LogP contribution in [0.15, 0.2) is 0 Å². The summed E-state index contributed by atoms with van der Waals surface area (Å²) in [6, 6.07) is 0. The van der Waals surface area contributed by atoms with Crippen molar-refractivity contribution >= 4 is 6.29 Å². The number of aryl methyl sites for hydroxylation is 2. The third-order valence-electron chi connectivity index (χ3n) is 1.65. The molecule has 0 bridgehead atoms. The van der Waals surface area contributed by atoms with E-state index >= 15 is 0 Å². The molecule has 0 aromatic carbocycles. The zero-order valence-corrected chi connectivity index (χ0v) is 6.88. The molecule has 0 spiro atoms. The van der Waals surface area contributed by atoms with E-state index in [2.05, 4.69) is 9.97 Å². The molecule has 0 amide bonds. The summed E-state index contributed by atoms with van der Waals surface area (Å²) in [6.45, 7) is 5.50. The van der Waals surface area contributed by atoms with E-state index in [9.17, 15) is 4.79 Å². The lowest BCUT2D eigenvalue weighted by Crippen LogP contribution is -2.00. The van der Waals surface area contributed by atoms with E-state index in [1.807, 2.05) is 13.8 Å². The standard InChI is InChI=1S/C8H10N2O/c1-5-6(2)9-7(3)10-8(5)4-11/h4H,1-3H3. The minimum atomic E-state index is 0.495. The Labute approximate surface area is 65.5 Å². The van der Waals surface area contributed by atoms with E-state index in [0.717, 1.165) is 17.5 Å². The van der Waals surface area contributed by atoms with E-state index < -0.39 is 0 Å². The average Bonchev–Trinajstić information content (AvgIpc) is 1.96. The summed E-state index contributed by atoms with van der Waals surface area (Å²) in [5.41, 5.74) is 2.24. The van der Waals surface area contributed by atoms with Crippen molar-refractivity contribution in [2.24, 2.45) is 0 Å². The average molecular weight is 150 g/mol. The summed E-state index contributed by atoms with van der Waals surface area (Å²) in [5, 5.41) is 0. The smallest absolute Gasteiger partial charge is 0.168 e. The van der Waals surface area contributed by atoms with Crippen LogP contribution in [0, 0.1) is 20.8 Å². The quantitative estimate of drug-likeness (QED) is 0.565. The molecule has 58 valence electrons. The Kier molecular flexibility index (Phi) is 1.98. The first-order valence-electron chi connectivity index (χ1n) is 3.42. The summed E-state index contributed by atoms with van der Waals surface area (Å²) >= 11 is 0. The van der Waals surface area contributed by atoms with Gasteiger partial charge >= 0.3 is 0 Å². The number of hydrogen-bond acceptors (Lipinski definition) is 3. The van der Waals surface area contributed by atoms with Gasteiger partial charge in [-0.15, -0.1) is 0 Å². The fraction of sp³-hybridized carbons (Fsp3) is 0.375. The molecule has 0 saturated heterocycles. The minimum Gasteiger partial charge on any atom is -0.296 e. The molecule has 3 nitrogen and oxygen atoms in total. The van der Waals surface area contributed by atoms with Crippen LogP contribution in [-0.4, -0.2) is 16.3 Å². The van der Waals surface area contributed by atoms with E-state index in [0.29, 0.717) is 11.5 Å². The molecule has 0 N–H and O–H groups in total. The van der Waals surface area contributed by atoms with Crippen LogP contribution in [0.25, 0.3) is 0 Å². The van der Waals surface area contributed by atoms with Gasteiger partial charge in [-0.2, -0.15) is 0 Å². The Morgan fingerprint density at radius 2 is 1.82 bits per heavy atom. The SMILES string of the molecule is Cc1nc(C)c(C)c(C=O)n1. The van der Waals surface area contributed by atoms with Gasteiger partial charge in [0.15, 0.2) is 6.29 Å². The fourth-order valence-electron chi connectivity index (χ4n) is 0.910. The Morgan fingerprint density at radius 3 is 2.36 bits per heavy atom. The van der Waals surface area contributed by atoms with Gasteiger partial charge in [0.05, 0.1) is 0 Å². The van der Waals surface area contributed by atoms with Crippen molar-refractivity contribution in [2.45, 2.75) is 20.8 Å². The molecule has 0 radical (unpaired) electrons. The molecule has 0 aliphatic heterocycles. The van der Waals surface area contributed by atoms with Gasteiger partial charge in [0.2, 0.25) is 0 Å². The van der Waals surface area contributed by atoms with Crippen molar-refractivity contribution < 1.29 is 4.79 Å². The first-order chi connectivity index (χ1) is 5.15. The predicted octanol–water partition coefficient (Wildman–Crippen LogP) is 1.21. The van der Waals surface area contributed by atoms with Crippen LogP contribution in [0.4, 0.5) is 0 Å². The number of carbonyl (C=O) groups excluding carboxylic acids is 1. The van der Waals surface area contributed by atoms with Gasteiger partial charge < -0.3 is 0 Å². The highest BCUT2D eigenvalue weighted by molar-refractivity contribution is 5.74. The van der Waals surface area contributed by atoms with Gasteiger partial charge in [0, 0.05) is 5.69 Å². The summed E-state index contributed by atoms with van der Waals surface area (Å²) in [7, 11) is 0. The van der Waals surface area contributed by atoms with Gasteiger partial charge in [-0.25, -0.2) is 9.97 Å². The predicted molar refractivity (Wildman–Crippen MR) is 41.6 cm³/mol. The molecule has 0 aliphatic carbocycles. The van der Waals surface area contributed by atoms with Crippen LogP contribution < -0.4 is 0 Å². The first kappa shape index (κ1) is 7.85. The topological polar surface area (TPSA) is 42.9 Å². The van der Waals surface area contributed by atoms with Gasteiger partial charge in [-0.05, 0) is 26.3 Å². The summed E-state index contributed by atoms with van der Waals surface area (Å²) < 4.78 is 0. The van der Waals surface area contributed by atoms with Crippen LogP contribution >= 0.6 is 0 Å². The van der Waals surface area contributed by atoms with E-state index in [1.165, 1.54) is 0 Å². The Morgan fingerprint density at radius 1 is 1.18 bits per heavy atom. The lowest BCUT2D eigenvalue weighted by Gasteiger charge is -2.01. The highest BCUT2D eigenvalue weighted by Crippen LogP contribution is 2.06. The molecule has 3 heteroatoms. The van der Waals surface area contributed by atoms with Crippen molar-refractivity contribution in [3.05, 3.63) is 22.8 Å². The Hall–Kier alpha value is -1.25. The van der Waals surface area contributed by atoms with Gasteiger partial charge in [-0.3, -0.25) is 4.79 Å². The second kappa shape index (κ2) is 2.78. The van der Waals surface area contributed by atoms with E-state index in [1.54, 1.807) is 6.92 Å². The number of aldehydes is 1. The number of carbonyl (C=O) groups is 1. The molecule has 1 rings (SSSR count). The number of aromatic nitrogens is 2. The maximum atomic E-state index is 10.4. The third-order valence-corrected chi connectivity index (χ3v) is 1.65. The summed E-state index contributed by atoms with van der Waals surface area (Å²) in [6.07, 6.45) is 0.761. The lowest BCUT2D eigenvalue weighted by atomic mass is 10.2. The van der Waals surface area contributed by atoms with Crippen molar-refractivity contribution in [1.29, 1.82) is 0 Å². The molecule has 1 aromatic heterocycles. The van der Waals surface area contributed by atoms with Crippen molar-refractivity contribution in [1.82, 2.24) is 9.97 Å². The van der Waals surface area contributed by atoms with Crippen LogP contribution in [0.3, 0.4) is 0 Å². The second-order valence-corrected chi connectivity index (χ2v) is 2.48. The molecule has 0 aliphatic rings. The highest BCUT2D eigenvalue weighted by Gasteiger charge is 2.03. The zero-order chi connectivity index (χ0) is 8.43. The van der Waals surface area contributed by atoms with Crippen LogP contribution in [0.5, 0.6) is 0 Å². The Balaban J connectivity index is 3.35. The van der Waals surface area contributed by atoms with Gasteiger partial charge in [-0.1, -0.05) is 0 Å². The van der Waals surface area contributed by atoms with Crippen molar-refractivity contribution in [3.63, 3.8) is 0 Å². The van der Waals surface area contributed by atoms with Crippen molar-refractivity contribution in [3.8, 4) is 0 Å². The first-order valence-corrected chi connectivity index (χ1v) is 3.42. The highest BCUT2D eigenvalue weighted by atomic mass is 16.1. The third kappa shape index (κ3) is 1.42.